The van der Waals surface area contributed by atoms with Crippen LogP contribution in [0.25, 0.3) is 0 Å². The van der Waals surface area contributed by atoms with Gasteiger partial charge in [0.05, 0.1) is 12.2 Å². The quantitative estimate of drug-likeness (QED) is 0.866. The topological polar surface area (TPSA) is 38.5 Å². The van der Waals surface area contributed by atoms with Crippen molar-refractivity contribution in [1.82, 2.24) is 4.90 Å². The summed E-state index contributed by atoms with van der Waals surface area (Å²) in [5.41, 5.74) is 7.17. The molecule has 1 heterocycles. The minimum atomic E-state index is -0.0690. The van der Waals surface area contributed by atoms with E-state index in [4.69, 9.17) is 10.5 Å². The van der Waals surface area contributed by atoms with Gasteiger partial charge in [0.1, 0.15) is 0 Å². The molecule has 1 unspecified atom stereocenters. The lowest BCUT2D eigenvalue weighted by Crippen LogP contribution is -2.50. The highest BCUT2D eigenvalue weighted by Gasteiger charge is 2.31. The van der Waals surface area contributed by atoms with Gasteiger partial charge in [0, 0.05) is 25.7 Å². The van der Waals surface area contributed by atoms with Crippen molar-refractivity contribution in [2.45, 2.75) is 25.5 Å². The van der Waals surface area contributed by atoms with Crippen LogP contribution in [-0.4, -0.2) is 36.7 Å². The first kappa shape index (κ1) is 12.6. The fourth-order valence-electron chi connectivity index (χ4n) is 2.49. The Kier molecular flexibility index (Phi) is 3.82. The predicted molar refractivity (Wildman–Crippen MR) is 69.8 cm³/mol. The second-order valence-corrected chi connectivity index (χ2v) is 5.24. The molecule has 0 amide bonds. The van der Waals surface area contributed by atoms with E-state index in [1.165, 1.54) is 5.56 Å². The van der Waals surface area contributed by atoms with Crippen LogP contribution in [0.2, 0.25) is 0 Å². The van der Waals surface area contributed by atoms with Crippen LogP contribution in [0.4, 0.5) is 0 Å². The molecule has 1 aromatic carbocycles. The molecule has 1 aliphatic rings. The lowest BCUT2D eigenvalue weighted by molar-refractivity contribution is -0.0967. The first-order valence-corrected chi connectivity index (χ1v) is 6.25. The van der Waals surface area contributed by atoms with E-state index in [0.717, 1.165) is 19.7 Å². The third kappa shape index (κ3) is 3.06. The summed E-state index contributed by atoms with van der Waals surface area (Å²) >= 11 is 0. The Morgan fingerprint density at radius 2 is 2.06 bits per heavy atom. The molecule has 0 bridgehead atoms. The molecule has 94 valence electrons. The molecule has 0 aromatic heterocycles. The molecule has 1 aliphatic heterocycles. The number of nitrogens with two attached hydrogens (primary N) is 1. The van der Waals surface area contributed by atoms with Crippen molar-refractivity contribution < 1.29 is 4.74 Å². The first-order valence-electron chi connectivity index (χ1n) is 6.25. The molecule has 0 aliphatic carbocycles. The molecule has 3 nitrogen and oxygen atoms in total. The highest BCUT2D eigenvalue weighted by molar-refractivity contribution is 5.19. The lowest BCUT2D eigenvalue weighted by atomic mass is 10.0. The Balaban J connectivity index is 2.13. The number of ether oxygens (including phenoxy) is 1. The van der Waals surface area contributed by atoms with Gasteiger partial charge in [-0.3, -0.25) is 4.90 Å². The summed E-state index contributed by atoms with van der Waals surface area (Å²) in [5, 5.41) is 0. The van der Waals surface area contributed by atoms with Crippen molar-refractivity contribution in [3.05, 3.63) is 35.9 Å². The van der Waals surface area contributed by atoms with Gasteiger partial charge in [0.15, 0.2) is 0 Å². The molecule has 1 fully saturated rings. The van der Waals surface area contributed by atoms with Crippen molar-refractivity contribution >= 4 is 0 Å². The van der Waals surface area contributed by atoms with E-state index in [2.05, 4.69) is 43.0 Å². The molecular formula is C14H22N2O. The maximum atomic E-state index is 5.94. The third-order valence-electron chi connectivity index (χ3n) is 3.30. The fourth-order valence-corrected chi connectivity index (χ4v) is 2.49. The summed E-state index contributed by atoms with van der Waals surface area (Å²) in [7, 11) is 0. The van der Waals surface area contributed by atoms with Gasteiger partial charge in [-0.25, -0.2) is 0 Å². The van der Waals surface area contributed by atoms with Gasteiger partial charge >= 0.3 is 0 Å². The van der Waals surface area contributed by atoms with E-state index in [0.29, 0.717) is 12.6 Å². The monoisotopic (exact) mass is 234 g/mol. The number of hydrogen-bond donors (Lipinski definition) is 1. The van der Waals surface area contributed by atoms with Gasteiger partial charge in [-0.15, -0.1) is 0 Å². The third-order valence-corrected chi connectivity index (χ3v) is 3.30. The summed E-state index contributed by atoms with van der Waals surface area (Å²) in [4.78, 5) is 2.43. The number of benzene rings is 1. The van der Waals surface area contributed by atoms with Gasteiger partial charge in [-0.05, 0) is 19.4 Å². The molecule has 2 rings (SSSR count). The number of morpholine rings is 1. The van der Waals surface area contributed by atoms with Crippen molar-refractivity contribution in [1.29, 1.82) is 0 Å². The molecule has 0 radical (unpaired) electrons. The van der Waals surface area contributed by atoms with Gasteiger partial charge in [0.2, 0.25) is 0 Å². The summed E-state index contributed by atoms with van der Waals surface area (Å²) in [6.07, 6.45) is 0. The highest BCUT2D eigenvalue weighted by Crippen LogP contribution is 2.25. The van der Waals surface area contributed by atoms with Crippen molar-refractivity contribution in [2.24, 2.45) is 5.73 Å². The van der Waals surface area contributed by atoms with Crippen LogP contribution in [-0.2, 0) is 4.74 Å². The summed E-state index contributed by atoms with van der Waals surface area (Å²) in [6.45, 7) is 7.61. The minimum Gasteiger partial charge on any atom is -0.373 e. The van der Waals surface area contributed by atoms with E-state index >= 15 is 0 Å². The van der Waals surface area contributed by atoms with Crippen LogP contribution < -0.4 is 5.73 Å². The highest BCUT2D eigenvalue weighted by atomic mass is 16.5. The maximum Gasteiger partial charge on any atom is 0.0753 e. The van der Waals surface area contributed by atoms with Crippen LogP contribution >= 0.6 is 0 Å². The van der Waals surface area contributed by atoms with Crippen molar-refractivity contribution in [2.75, 3.05) is 26.2 Å². The van der Waals surface area contributed by atoms with E-state index < -0.39 is 0 Å². The second-order valence-electron chi connectivity index (χ2n) is 5.24. The van der Waals surface area contributed by atoms with Crippen LogP contribution in [0.15, 0.2) is 30.3 Å². The summed E-state index contributed by atoms with van der Waals surface area (Å²) in [5.74, 6) is 0. The van der Waals surface area contributed by atoms with Crippen LogP contribution in [0.3, 0.4) is 0 Å². The molecule has 17 heavy (non-hydrogen) atoms. The van der Waals surface area contributed by atoms with Crippen molar-refractivity contribution in [3.63, 3.8) is 0 Å². The molecule has 1 saturated heterocycles. The zero-order chi connectivity index (χ0) is 12.3. The van der Waals surface area contributed by atoms with Gasteiger partial charge in [-0.1, -0.05) is 30.3 Å². The smallest absolute Gasteiger partial charge is 0.0753 e. The number of nitrogens with zero attached hydrogens (tertiary/aromatic N) is 1. The normalized spacial score (nSPS) is 22.3. The summed E-state index contributed by atoms with van der Waals surface area (Å²) in [6, 6.07) is 10.8. The van der Waals surface area contributed by atoms with Gasteiger partial charge in [-0.2, -0.15) is 0 Å². The predicted octanol–water partition coefficient (Wildman–Crippen LogP) is 1.80. The van der Waals surface area contributed by atoms with Crippen LogP contribution in [0.5, 0.6) is 0 Å². The zero-order valence-corrected chi connectivity index (χ0v) is 10.7. The molecule has 0 saturated carbocycles. The van der Waals surface area contributed by atoms with E-state index in [9.17, 15) is 0 Å². The standard InChI is InChI=1S/C14H22N2O/c1-14(2)11-16(8-9-17-14)13(10-15)12-6-4-3-5-7-12/h3-7,13H,8-11,15H2,1-2H3. The SMILES string of the molecule is CC1(C)CN(C(CN)c2ccccc2)CCO1. The molecule has 3 heteroatoms. The number of rotatable bonds is 3. The minimum absolute atomic E-state index is 0.0690. The number of hydrogen-bond acceptors (Lipinski definition) is 3. The van der Waals surface area contributed by atoms with E-state index in [1.54, 1.807) is 0 Å². The molecular weight excluding hydrogens is 212 g/mol. The van der Waals surface area contributed by atoms with Crippen LogP contribution in [0.1, 0.15) is 25.5 Å². The largest absolute Gasteiger partial charge is 0.373 e. The average Bonchev–Trinajstić information content (AvgIpc) is 2.30. The lowest BCUT2D eigenvalue weighted by Gasteiger charge is -2.42. The second kappa shape index (κ2) is 5.17. The van der Waals surface area contributed by atoms with Gasteiger partial charge in [0.25, 0.3) is 0 Å². The Bertz CT molecular complexity index is 350. The molecule has 1 atom stereocenters. The summed E-state index contributed by atoms with van der Waals surface area (Å²) < 4.78 is 5.74. The van der Waals surface area contributed by atoms with E-state index in [1.807, 2.05) is 6.07 Å². The molecule has 1 aromatic rings. The van der Waals surface area contributed by atoms with Gasteiger partial charge < -0.3 is 10.5 Å². The van der Waals surface area contributed by atoms with Crippen molar-refractivity contribution in [3.8, 4) is 0 Å². The zero-order valence-electron chi connectivity index (χ0n) is 10.7. The Hall–Kier alpha value is -0.900. The average molecular weight is 234 g/mol. The fraction of sp³-hybridized carbons (Fsp3) is 0.571. The Labute approximate surface area is 104 Å². The maximum absolute atomic E-state index is 5.94. The first-order chi connectivity index (χ1) is 8.12. The Morgan fingerprint density at radius 3 is 2.65 bits per heavy atom. The van der Waals surface area contributed by atoms with E-state index in [-0.39, 0.29) is 5.60 Å². The molecule has 0 spiro atoms. The van der Waals surface area contributed by atoms with Crippen LogP contribution in [0, 0.1) is 0 Å². The molecule has 2 N–H and O–H groups in total. The Morgan fingerprint density at radius 1 is 1.35 bits per heavy atom.